The van der Waals surface area contributed by atoms with Crippen molar-refractivity contribution in [3.8, 4) is 11.5 Å². The summed E-state index contributed by atoms with van der Waals surface area (Å²) in [7, 11) is -1.27. The number of rotatable bonds is 13. The second-order valence-corrected chi connectivity index (χ2v) is 12.3. The Labute approximate surface area is 250 Å². The Hall–Kier alpha value is -3.57. The van der Waals surface area contributed by atoms with Crippen LogP contribution in [-0.2, 0) is 26.2 Å². The van der Waals surface area contributed by atoms with Gasteiger partial charge in [-0.1, -0.05) is 53.2 Å². The lowest BCUT2D eigenvalue weighted by atomic mass is 10.1. The van der Waals surface area contributed by atoms with Gasteiger partial charge in [0.15, 0.2) is 11.5 Å². The number of hydrogen-bond donors (Lipinski definition) is 1. The van der Waals surface area contributed by atoms with Crippen LogP contribution in [0.15, 0.2) is 82.2 Å². The molecule has 3 rings (SSSR count). The van der Waals surface area contributed by atoms with Crippen LogP contribution in [0.2, 0.25) is 0 Å². The van der Waals surface area contributed by atoms with Crippen LogP contribution in [0, 0.1) is 0 Å². The van der Waals surface area contributed by atoms with Gasteiger partial charge in [0.2, 0.25) is 11.8 Å². The van der Waals surface area contributed by atoms with Crippen LogP contribution in [0.25, 0.3) is 0 Å². The molecular weight excluding hydrogens is 610 g/mol. The van der Waals surface area contributed by atoms with E-state index in [1.54, 1.807) is 37.3 Å². The Morgan fingerprint density at radius 2 is 1.61 bits per heavy atom. The molecule has 0 aromatic heterocycles. The van der Waals surface area contributed by atoms with Gasteiger partial charge in [0.1, 0.15) is 12.6 Å². The Morgan fingerprint density at radius 3 is 2.22 bits per heavy atom. The van der Waals surface area contributed by atoms with Crippen molar-refractivity contribution in [2.45, 2.75) is 50.7 Å². The van der Waals surface area contributed by atoms with E-state index >= 15 is 0 Å². The Bertz CT molecular complexity index is 1450. The average Bonchev–Trinajstić information content (AvgIpc) is 2.98. The summed E-state index contributed by atoms with van der Waals surface area (Å²) in [6, 6.07) is 18.9. The van der Waals surface area contributed by atoms with Crippen molar-refractivity contribution in [3.63, 3.8) is 0 Å². The number of nitrogens with one attached hydrogen (secondary N) is 1. The van der Waals surface area contributed by atoms with Gasteiger partial charge in [0, 0.05) is 23.1 Å². The summed E-state index contributed by atoms with van der Waals surface area (Å²) < 4.78 is 40.4. The second-order valence-electron chi connectivity index (χ2n) is 9.51. The SMILES string of the molecule is CC[C@H](C)NC(=O)[C@H](C)N(Cc1cccc(Br)c1)C(=O)CN(c1ccc(OC)c(OC)c1)S(=O)(=O)c1ccccc1. The van der Waals surface area contributed by atoms with Crippen molar-refractivity contribution >= 4 is 43.5 Å². The van der Waals surface area contributed by atoms with Crippen LogP contribution in [0.5, 0.6) is 11.5 Å². The Morgan fingerprint density at radius 1 is 0.927 bits per heavy atom. The Balaban J connectivity index is 2.07. The van der Waals surface area contributed by atoms with E-state index in [-0.39, 0.29) is 29.1 Å². The van der Waals surface area contributed by atoms with Crippen molar-refractivity contribution in [1.29, 1.82) is 0 Å². The van der Waals surface area contributed by atoms with Gasteiger partial charge in [-0.3, -0.25) is 13.9 Å². The lowest BCUT2D eigenvalue weighted by molar-refractivity contribution is -0.139. The first-order chi connectivity index (χ1) is 19.5. The van der Waals surface area contributed by atoms with Gasteiger partial charge >= 0.3 is 0 Å². The number of sulfonamides is 1. The highest BCUT2D eigenvalue weighted by Gasteiger charge is 2.33. The third-order valence-corrected chi connectivity index (χ3v) is 8.96. The summed E-state index contributed by atoms with van der Waals surface area (Å²) in [4.78, 5) is 28.6. The number of nitrogens with zero attached hydrogens (tertiary/aromatic N) is 2. The molecule has 0 unspecified atom stereocenters. The topological polar surface area (TPSA) is 105 Å². The van der Waals surface area contributed by atoms with Gasteiger partial charge in [-0.2, -0.15) is 0 Å². The fourth-order valence-corrected chi connectivity index (χ4v) is 5.98. The number of methoxy groups -OCH3 is 2. The van der Waals surface area contributed by atoms with Gasteiger partial charge in [0.25, 0.3) is 10.0 Å². The fraction of sp³-hybridized carbons (Fsp3) is 0.333. The van der Waals surface area contributed by atoms with E-state index in [1.807, 2.05) is 38.1 Å². The molecule has 2 amide bonds. The number of halogens is 1. The molecular formula is C30H36BrN3O6S. The van der Waals surface area contributed by atoms with Crippen molar-refractivity contribution < 1.29 is 27.5 Å². The fourth-order valence-electron chi connectivity index (χ4n) is 4.11. The molecule has 0 aliphatic rings. The smallest absolute Gasteiger partial charge is 0.264 e. The van der Waals surface area contributed by atoms with E-state index in [1.165, 1.54) is 37.3 Å². The summed E-state index contributed by atoms with van der Waals surface area (Å²) in [5, 5.41) is 2.93. The number of carbonyl (C=O) groups is 2. The summed E-state index contributed by atoms with van der Waals surface area (Å²) in [5.41, 5.74) is 0.985. The first kappa shape index (κ1) is 32.0. The monoisotopic (exact) mass is 645 g/mol. The van der Waals surface area contributed by atoms with Gasteiger partial charge in [-0.15, -0.1) is 0 Å². The number of anilines is 1. The van der Waals surface area contributed by atoms with E-state index in [0.717, 1.165) is 20.8 Å². The first-order valence-corrected chi connectivity index (χ1v) is 15.4. The van der Waals surface area contributed by atoms with E-state index in [4.69, 9.17) is 9.47 Å². The van der Waals surface area contributed by atoms with Crippen LogP contribution < -0.4 is 19.1 Å². The molecule has 0 saturated carbocycles. The van der Waals surface area contributed by atoms with Gasteiger partial charge < -0.3 is 19.7 Å². The molecule has 0 fully saturated rings. The van der Waals surface area contributed by atoms with Crippen molar-refractivity contribution in [1.82, 2.24) is 10.2 Å². The highest BCUT2D eigenvalue weighted by atomic mass is 79.9. The molecule has 220 valence electrons. The van der Waals surface area contributed by atoms with Gasteiger partial charge in [-0.25, -0.2) is 8.42 Å². The quantitative estimate of drug-likeness (QED) is 0.281. The summed E-state index contributed by atoms with van der Waals surface area (Å²) in [6.45, 7) is 5.02. The summed E-state index contributed by atoms with van der Waals surface area (Å²) in [5.74, 6) is -0.165. The molecule has 0 saturated heterocycles. The number of benzene rings is 3. The zero-order chi connectivity index (χ0) is 30.2. The zero-order valence-electron chi connectivity index (χ0n) is 23.8. The highest BCUT2D eigenvalue weighted by molar-refractivity contribution is 9.10. The molecule has 11 heteroatoms. The Kier molecular flexibility index (Phi) is 11.2. The molecule has 41 heavy (non-hydrogen) atoms. The number of hydrogen-bond acceptors (Lipinski definition) is 6. The van der Waals surface area contributed by atoms with Crippen LogP contribution in [-0.4, -0.2) is 58.0 Å². The number of carbonyl (C=O) groups excluding carboxylic acids is 2. The standard InChI is InChI=1S/C30H36BrN3O6S/c1-6-21(2)32-30(36)22(3)33(19-23-11-10-12-24(31)17-23)29(35)20-34(41(37,38)26-13-8-7-9-14-26)25-15-16-27(39-4)28(18-25)40-5/h7-18,21-22H,6,19-20H2,1-5H3,(H,32,36)/t21-,22-/m0/s1. The van der Waals surface area contributed by atoms with Crippen LogP contribution in [0.4, 0.5) is 5.69 Å². The summed E-state index contributed by atoms with van der Waals surface area (Å²) in [6.07, 6.45) is 0.723. The molecule has 0 spiro atoms. The molecule has 0 heterocycles. The molecule has 0 radical (unpaired) electrons. The predicted octanol–water partition coefficient (Wildman–Crippen LogP) is 4.99. The average molecular weight is 647 g/mol. The summed E-state index contributed by atoms with van der Waals surface area (Å²) >= 11 is 3.45. The third kappa shape index (κ3) is 8.01. The second kappa shape index (κ2) is 14.4. The lowest BCUT2D eigenvalue weighted by Gasteiger charge is -2.32. The molecule has 2 atom stereocenters. The molecule has 0 aliphatic carbocycles. The molecule has 0 bridgehead atoms. The molecule has 0 aliphatic heterocycles. The minimum Gasteiger partial charge on any atom is -0.493 e. The zero-order valence-corrected chi connectivity index (χ0v) is 26.2. The minimum absolute atomic E-state index is 0.0173. The molecule has 1 N–H and O–H groups in total. The predicted molar refractivity (Wildman–Crippen MR) is 163 cm³/mol. The van der Waals surface area contributed by atoms with Crippen LogP contribution in [0.3, 0.4) is 0 Å². The maximum atomic E-state index is 14.0. The maximum Gasteiger partial charge on any atom is 0.264 e. The number of amides is 2. The molecule has 3 aromatic carbocycles. The highest BCUT2D eigenvalue weighted by Crippen LogP contribution is 2.34. The van der Waals surface area contributed by atoms with Crippen molar-refractivity contribution in [3.05, 3.63) is 82.8 Å². The normalized spacial score (nSPS) is 12.6. The largest absolute Gasteiger partial charge is 0.493 e. The van der Waals surface area contributed by atoms with E-state index in [0.29, 0.717) is 11.5 Å². The van der Waals surface area contributed by atoms with E-state index in [9.17, 15) is 18.0 Å². The van der Waals surface area contributed by atoms with Crippen LogP contribution >= 0.6 is 15.9 Å². The molecule has 3 aromatic rings. The van der Waals surface area contributed by atoms with Crippen molar-refractivity contribution in [2.24, 2.45) is 0 Å². The van der Waals surface area contributed by atoms with Gasteiger partial charge in [-0.05, 0) is 62.2 Å². The number of ether oxygens (including phenoxy) is 2. The molecule has 9 nitrogen and oxygen atoms in total. The third-order valence-electron chi connectivity index (χ3n) is 6.68. The van der Waals surface area contributed by atoms with Gasteiger partial charge in [0.05, 0.1) is 24.8 Å². The van der Waals surface area contributed by atoms with E-state index in [2.05, 4.69) is 21.2 Å². The maximum absolute atomic E-state index is 14.0. The van der Waals surface area contributed by atoms with Crippen molar-refractivity contribution in [2.75, 3.05) is 25.1 Å². The minimum atomic E-state index is -4.19. The first-order valence-electron chi connectivity index (χ1n) is 13.2. The van der Waals surface area contributed by atoms with Crippen LogP contribution in [0.1, 0.15) is 32.8 Å². The lowest BCUT2D eigenvalue weighted by Crippen LogP contribution is -2.52. The van der Waals surface area contributed by atoms with E-state index < -0.39 is 28.5 Å².